The number of rotatable bonds is 6. The molecule has 2 fully saturated rings. The first-order valence-corrected chi connectivity index (χ1v) is 15.2. The number of pyridine rings is 1. The van der Waals surface area contributed by atoms with Gasteiger partial charge in [0.15, 0.2) is 5.01 Å². The molecule has 0 radical (unpaired) electrons. The van der Waals surface area contributed by atoms with E-state index in [0.29, 0.717) is 43.6 Å². The molecule has 10 heteroatoms. The summed E-state index contributed by atoms with van der Waals surface area (Å²) >= 11 is 1.46. The minimum absolute atomic E-state index is 0.0502. The molecule has 4 heterocycles. The van der Waals surface area contributed by atoms with Crippen LogP contribution in [0.5, 0.6) is 0 Å². The smallest absolute Gasteiger partial charge is 0.334 e. The summed E-state index contributed by atoms with van der Waals surface area (Å²) < 4.78 is 39.6. The number of benzene rings is 2. The van der Waals surface area contributed by atoms with Crippen molar-refractivity contribution in [3.63, 3.8) is 0 Å². The molecule has 0 atom stereocenters. The van der Waals surface area contributed by atoms with E-state index in [2.05, 4.69) is 44.0 Å². The van der Waals surface area contributed by atoms with Crippen LogP contribution in [0.4, 0.5) is 13.2 Å². The topological polar surface area (TPSA) is 52.6 Å². The van der Waals surface area contributed by atoms with Crippen molar-refractivity contribution >= 4 is 27.5 Å². The number of amides is 1. The summed E-state index contributed by atoms with van der Waals surface area (Å²) in [6.45, 7) is 8.07. The highest BCUT2D eigenvalue weighted by Gasteiger charge is 2.30. The average Bonchev–Trinajstić information content (AvgIpc) is 3.42. The van der Waals surface area contributed by atoms with E-state index in [-0.39, 0.29) is 5.91 Å². The van der Waals surface area contributed by atoms with Gasteiger partial charge in [-0.05, 0) is 85.8 Å². The van der Waals surface area contributed by atoms with Gasteiger partial charge in [-0.15, -0.1) is 11.3 Å². The number of nitrogens with zero attached hydrogens (tertiary/aromatic N) is 5. The van der Waals surface area contributed by atoms with Crippen LogP contribution in [0.25, 0.3) is 10.2 Å². The molecule has 2 aromatic carbocycles. The highest BCUT2D eigenvalue weighted by molar-refractivity contribution is 7.20. The number of hydrogen-bond donors (Lipinski definition) is 0. The van der Waals surface area contributed by atoms with Gasteiger partial charge in [-0.2, -0.15) is 13.2 Å². The molecule has 0 bridgehead atoms. The monoisotopic (exact) mass is 593 g/mol. The lowest BCUT2D eigenvalue weighted by atomic mass is 9.89. The summed E-state index contributed by atoms with van der Waals surface area (Å²) in [6.07, 6.45) is -0.148. The van der Waals surface area contributed by atoms with E-state index in [9.17, 15) is 18.0 Å². The normalized spacial score (nSPS) is 17.7. The molecule has 6 nitrogen and oxygen atoms in total. The van der Waals surface area contributed by atoms with Crippen LogP contribution in [0.3, 0.4) is 0 Å². The fourth-order valence-corrected chi connectivity index (χ4v) is 6.84. The Labute approximate surface area is 247 Å². The summed E-state index contributed by atoms with van der Waals surface area (Å²) in [6, 6.07) is 16.0. The third-order valence-electron chi connectivity index (χ3n) is 8.38. The Balaban J connectivity index is 1.02. The predicted molar refractivity (Wildman–Crippen MR) is 158 cm³/mol. The van der Waals surface area contributed by atoms with Crippen molar-refractivity contribution in [1.82, 2.24) is 24.7 Å². The van der Waals surface area contributed by atoms with Gasteiger partial charge in [-0.3, -0.25) is 19.6 Å². The van der Waals surface area contributed by atoms with Crippen molar-refractivity contribution in [2.24, 2.45) is 0 Å². The van der Waals surface area contributed by atoms with Crippen LogP contribution >= 0.6 is 11.3 Å². The van der Waals surface area contributed by atoms with Crippen molar-refractivity contribution < 1.29 is 18.0 Å². The van der Waals surface area contributed by atoms with Crippen LogP contribution in [-0.4, -0.2) is 69.8 Å². The molecule has 2 aliphatic rings. The Kier molecular flexibility index (Phi) is 8.29. The van der Waals surface area contributed by atoms with Crippen LogP contribution in [0.15, 0.2) is 60.8 Å². The first-order chi connectivity index (χ1) is 20.2. The predicted octanol–water partition coefficient (Wildman–Crippen LogP) is 6.36. The molecule has 2 saturated heterocycles. The summed E-state index contributed by atoms with van der Waals surface area (Å²) in [4.78, 5) is 28.9. The minimum atomic E-state index is -4.33. The van der Waals surface area contributed by atoms with Gasteiger partial charge in [0.05, 0.1) is 15.8 Å². The van der Waals surface area contributed by atoms with E-state index in [1.807, 2.05) is 24.1 Å². The number of alkyl halides is 3. The zero-order chi connectivity index (χ0) is 29.3. The number of aromatic nitrogens is 2. The van der Waals surface area contributed by atoms with Crippen LogP contribution in [0, 0.1) is 6.92 Å². The highest BCUT2D eigenvalue weighted by atomic mass is 32.1. The third kappa shape index (κ3) is 6.66. The number of carbonyl (C=O) groups is 1. The largest absolute Gasteiger partial charge is 0.416 e. The molecular formula is C32H34F3N5OS. The van der Waals surface area contributed by atoms with Crippen molar-refractivity contribution in [2.75, 3.05) is 39.3 Å². The quantitative estimate of drug-likeness (QED) is 0.261. The molecule has 1 amide bonds. The van der Waals surface area contributed by atoms with Gasteiger partial charge in [0.1, 0.15) is 0 Å². The molecule has 42 heavy (non-hydrogen) atoms. The SMILES string of the molecule is Cc1ccc(CN2CCC(c3ccc4nc(C(=O)N5CCN(Cc6ccc(C(F)(F)F)cc6)CC5)sc4c3)CC2)cn1. The van der Waals surface area contributed by atoms with E-state index < -0.39 is 11.7 Å². The second kappa shape index (κ2) is 12.1. The number of aryl methyl sites for hydroxylation is 1. The van der Waals surface area contributed by atoms with E-state index in [0.717, 1.165) is 66.1 Å². The molecule has 0 aliphatic carbocycles. The van der Waals surface area contributed by atoms with E-state index in [1.165, 1.54) is 34.6 Å². The maximum absolute atomic E-state index is 13.3. The summed E-state index contributed by atoms with van der Waals surface area (Å²) in [5, 5.41) is 0.514. The Morgan fingerprint density at radius 1 is 0.881 bits per heavy atom. The lowest BCUT2D eigenvalue weighted by molar-refractivity contribution is -0.137. The van der Waals surface area contributed by atoms with E-state index in [1.54, 1.807) is 0 Å². The molecule has 2 aliphatic heterocycles. The lowest BCUT2D eigenvalue weighted by Gasteiger charge is -2.34. The van der Waals surface area contributed by atoms with E-state index in [4.69, 9.17) is 0 Å². The summed E-state index contributed by atoms with van der Waals surface area (Å²) in [5.41, 5.74) is 4.66. The zero-order valence-corrected chi connectivity index (χ0v) is 24.4. The highest BCUT2D eigenvalue weighted by Crippen LogP contribution is 2.33. The molecule has 0 unspecified atom stereocenters. The van der Waals surface area contributed by atoms with Crippen LogP contribution in [0.2, 0.25) is 0 Å². The van der Waals surface area contributed by atoms with Crippen molar-refractivity contribution in [3.8, 4) is 0 Å². The Morgan fingerprint density at radius 2 is 1.55 bits per heavy atom. The van der Waals surface area contributed by atoms with Crippen LogP contribution < -0.4 is 0 Å². The number of piperidine rings is 1. The Bertz CT molecular complexity index is 1520. The fraction of sp³-hybridized carbons (Fsp3) is 0.406. The van der Waals surface area contributed by atoms with Crippen molar-refractivity contribution in [2.45, 2.75) is 44.9 Å². The maximum Gasteiger partial charge on any atom is 0.416 e. The first-order valence-electron chi connectivity index (χ1n) is 14.4. The second-order valence-corrected chi connectivity index (χ2v) is 12.4. The molecule has 6 rings (SSSR count). The second-order valence-electron chi connectivity index (χ2n) is 11.4. The molecule has 0 N–H and O–H groups in total. The molecule has 220 valence electrons. The van der Waals surface area contributed by atoms with Gasteiger partial charge in [0.2, 0.25) is 0 Å². The number of halogens is 3. The van der Waals surface area contributed by atoms with Crippen molar-refractivity contribution in [3.05, 3.63) is 93.7 Å². The minimum Gasteiger partial charge on any atom is -0.334 e. The standard InChI is InChI=1S/C32H34F3N5OS/c1-22-2-3-24(19-36-22)21-38-12-10-25(11-13-38)26-6-9-28-29(18-26)42-30(37-28)31(41)40-16-14-39(15-17-40)20-23-4-7-27(8-5-23)32(33,34)35/h2-9,18-19,25H,10-17,20-21H2,1H3. The van der Waals surface area contributed by atoms with Crippen LogP contribution in [0.1, 0.15) is 56.5 Å². The molecule has 2 aromatic heterocycles. The number of hydrogen-bond acceptors (Lipinski definition) is 6. The van der Waals surface area contributed by atoms with E-state index >= 15 is 0 Å². The lowest BCUT2D eigenvalue weighted by Crippen LogP contribution is -2.48. The first kappa shape index (κ1) is 28.8. The van der Waals surface area contributed by atoms with Gasteiger partial charge in [-0.25, -0.2) is 4.98 Å². The number of thiazole rings is 1. The van der Waals surface area contributed by atoms with Crippen molar-refractivity contribution in [1.29, 1.82) is 0 Å². The van der Waals surface area contributed by atoms with Gasteiger partial charge >= 0.3 is 6.18 Å². The van der Waals surface area contributed by atoms with Gasteiger partial charge < -0.3 is 4.90 Å². The van der Waals surface area contributed by atoms with Gasteiger partial charge in [0, 0.05) is 51.2 Å². The van der Waals surface area contributed by atoms with Crippen LogP contribution in [-0.2, 0) is 19.3 Å². The van der Waals surface area contributed by atoms with Gasteiger partial charge in [0.25, 0.3) is 5.91 Å². The van der Waals surface area contributed by atoms with Gasteiger partial charge in [-0.1, -0.05) is 24.3 Å². The number of likely N-dealkylation sites (tertiary alicyclic amines) is 1. The molecular weight excluding hydrogens is 559 g/mol. The Morgan fingerprint density at radius 3 is 2.21 bits per heavy atom. The summed E-state index contributed by atoms with van der Waals surface area (Å²) in [7, 11) is 0. The third-order valence-corrected chi connectivity index (χ3v) is 9.39. The maximum atomic E-state index is 13.3. The molecule has 0 spiro atoms. The Hall–Kier alpha value is -3.34. The molecule has 4 aromatic rings. The average molecular weight is 594 g/mol. The molecule has 0 saturated carbocycles. The summed E-state index contributed by atoms with van der Waals surface area (Å²) in [5.74, 6) is 0.451. The number of piperazine rings is 1. The zero-order valence-electron chi connectivity index (χ0n) is 23.6. The number of carbonyl (C=O) groups excluding carboxylic acids is 1. The number of fused-ring (bicyclic) bond motifs is 1. The fourth-order valence-electron chi connectivity index (χ4n) is 5.86.